The molecule has 0 aliphatic heterocycles. The first kappa shape index (κ1) is 21.9. The molecule has 2 aromatic rings. The molecule has 2 rings (SSSR count). The van der Waals surface area contributed by atoms with Crippen molar-refractivity contribution in [1.82, 2.24) is 10.6 Å². The number of rotatable bonds is 8. The van der Waals surface area contributed by atoms with Gasteiger partial charge in [0.25, 0.3) is 5.91 Å². The topological polar surface area (TPSA) is 96.5 Å². The fourth-order valence-corrected chi connectivity index (χ4v) is 2.65. The van der Waals surface area contributed by atoms with E-state index >= 15 is 0 Å². The number of amides is 3. The van der Waals surface area contributed by atoms with E-state index < -0.39 is 12.1 Å². The van der Waals surface area contributed by atoms with Gasteiger partial charge in [0.2, 0.25) is 5.91 Å². The van der Waals surface area contributed by atoms with Gasteiger partial charge in [-0.15, -0.1) is 0 Å². The zero-order valence-corrected chi connectivity index (χ0v) is 16.9. The van der Waals surface area contributed by atoms with E-state index in [1.54, 1.807) is 24.3 Å². The van der Waals surface area contributed by atoms with Gasteiger partial charge in [0.1, 0.15) is 12.6 Å². The zero-order valence-electron chi connectivity index (χ0n) is 16.9. The molecule has 0 spiro atoms. The molecule has 0 bridgehead atoms. The number of benzene rings is 2. The standard InChI is InChI=1S/C22H27N3O4/c1-4-23-20(26)17-11-8-12-18(13-17)24-21(27)19(15(2)3)25-22(28)29-14-16-9-6-5-7-10-16/h5-13,15,19H,4,14H2,1-3H3,(H,23,26)(H,24,27)(H,25,28)/t19-/m0/s1. The summed E-state index contributed by atoms with van der Waals surface area (Å²) in [7, 11) is 0. The normalized spacial score (nSPS) is 11.4. The molecule has 3 N–H and O–H groups in total. The first-order valence-electron chi connectivity index (χ1n) is 9.57. The quantitative estimate of drug-likeness (QED) is 0.637. The van der Waals surface area contributed by atoms with Gasteiger partial charge in [0.05, 0.1) is 0 Å². The van der Waals surface area contributed by atoms with E-state index in [2.05, 4.69) is 16.0 Å². The Morgan fingerprint density at radius 2 is 1.72 bits per heavy atom. The Morgan fingerprint density at radius 1 is 1.00 bits per heavy atom. The predicted octanol–water partition coefficient (Wildman–Crippen LogP) is 3.33. The number of anilines is 1. The predicted molar refractivity (Wildman–Crippen MR) is 111 cm³/mol. The Kier molecular flexibility index (Phi) is 8.21. The summed E-state index contributed by atoms with van der Waals surface area (Å²) in [6, 6.07) is 15.1. The number of hydrogen-bond donors (Lipinski definition) is 3. The van der Waals surface area contributed by atoms with Crippen LogP contribution < -0.4 is 16.0 Å². The van der Waals surface area contributed by atoms with E-state index in [9.17, 15) is 14.4 Å². The van der Waals surface area contributed by atoms with Gasteiger partial charge in [0, 0.05) is 17.8 Å². The number of ether oxygens (including phenoxy) is 1. The number of alkyl carbamates (subject to hydrolysis) is 1. The largest absolute Gasteiger partial charge is 0.445 e. The van der Waals surface area contributed by atoms with Gasteiger partial charge < -0.3 is 20.7 Å². The maximum Gasteiger partial charge on any atom is 0.408 e. The Bertz CT molecular complexity index is 837. The lowest BCUT2D eigenvalue weighted by Gasteiger charge is -2.21. The molecule has 154 valence electrons. The van der Waals surface area contributed by atoms with E-state index in [4.69, 9.17) is 4.74 Å². The minimum atomic E-state index is -0.786. The van der Waals surface area contributed by atoms with Crippen molar-refractivity contribution in [2.75, 3.05) is 11.9 Å². The van der Waals surface area contributed by atoms with Crippen molar-refractivity contribution in [3.05, 3.63) is 65.7 Å². The van der Waals surface area contributed by atoms with E-state index in [0.29, 0.717) is 17.8 Å². The second kappa shape index (κ2) is 10.8. The van der Waals surface area contributed by atoms with Crippen molar-refractivity contribution in [2.24, 2.45) is 5.92 Å². The number of carbonyl (C=O) groups is 3. The van der Waals surface area contributed by atoms with E-state index in [1.165, 1.54) is 0 Å². The van der Waals surface area contributed by atoms with Gasteiger partial charge in [-0.1, -0.05) is 50.2 Å². The molecule has 7 heteroatoms. The van der Waals surface area contributed by atoms with Gasteiger partial charge in [0.15, 0.2) is 0 Å². The average Bonchev–Trinajstić information content (AvgIpc) is 2.71. The lowest BCUT2D eigenvalue weighted by Crippen LogP contribution is -2.47. The lowest BCUT2D eigenvalue weighted by molar-refractivity contribution is -0.119. The van der Waals surface area contributed by atoms with Crippen LogP contribution in [0, 0.1) is 5.92 Å². The highest BCUT2D eigenvalue weighted by atomic mass is 16.5. The molecule has 0 saturated heterocycles. The summed E-state index contributed by atoms with van der Waals surface area (Å²) in [5, 5.41) is 8.07. The van der Waals surface area contributed by atoms with Crippen LogP contribution >= 0.6 is 0 Å². The van der Waals surface area contributed by atoms with Crippen molar-refractivity contribution < 1.29 is 19.1 Å². The van der Waals surface area contributed by atoms with Crippen molar-refractivity contribution in [3.63, 3.8) is 0 Å². The van der Waals surface area contributed by atoms with Crippen LogP contribution in [0.1, 0.15) is 36.7 Å². The van der Waals surface area contributed by atoms with Gasteiger partial charge in [-0.25, -0.2) is 4.79 Å². The third-order valence-corrected chi connectivity index (χ3v) is 4.16. The van der Waals surface area contributed by atoms with Crippen LogP contribution in [0.15, 0.2) is 54.6 Å². The van der Waals surface area contributed by atoms with Crippen LogP contribution in [0.25, 0.3) is 0 Å². The summed E-state index contributed by atoms with van der Waals surface area (Å²) in [4.78, 5) is 36.8. The van der Waals surface area contributed by atoms with Crippen molar-refractivity contribution >= 4 is 23.6 Å². The zero-order chi connectivity index (χ0) is 21.2. The summed E-state index contributed by atoms with van der Waals surface area (Å²) in [5.74, 6) is -0.762. The molecule has 0 aliphatic carbocycles. The van der Waals surface area contributed by atoms with Crippen LogP contribution in [0.4, 0.5) is 10.5 Å². The average molecular weight is 397 g/mol. The molecule has 0 radical (unpaired) electrons. The van der Waals surface area contributed by atoms with E-state index in [0.717, 1.165) is 5.56 Å². The van der Waals surface area contributed by atoms with Crippen LogP contribution in [0.5, 0.6) is 0 Å². The number of nitrogens with one attached hydrogen (secondary N) is 3. The summed E-state index contributed by atoms with van der Waals surface area (Å²) < 4.78 is 5.20. The van der Waals surface area contributed by atoms with Crippen molar-refractivity contribution in [1.29, 1.82) is 0 Å². The highest BCUT2D eigenvalue weighted by Gasteiger charge is 2.25. The first-order chi connectivity index (χ1) is 13.9. The highest BCUT2D eigenvalue weighted by Crippen LogP contribution is 2.13. The van der Waals surface area contributed by atoms with Crippen molar-refractivity contribution in [3.8, 4) is 0 Å². The molecule has 0 fully saturated rings. The number of hydrogen-bond acceptors (Lipinski definition) is 4. The lowest BCUT2D eigenvalue weighted by atomic mass is 10.0. The molecule has 7 nitrogen and oxygen atoms in total. The Morgan fingerprint density at radius 3 is 2.38 bits per heavy atom. The maximum absolute atomic E-state index is 12.7. The van der Waals surface area contributed by atoms with Gasteiger partial charge in [-0.3, -0.25) is 9.59 Å². The molecule has 0 aromatic heterocycles. The molecule has 29 heavy (non-hydrogen) atoms. The monoisotopic (exact) mass is 397 g/mol. The van der Waals surface area contributed by atoms with Gasteiger partial charge in [-0.05, 0) is 36.6 Å². The summed E-state index contributed by atoms with van der Waals surface area (Å²) in [6.07, 6.45) is -0.668. The van der Waals surface area contributed by atoms with Crippen LogP contribution in [0.2, 0.25) is 0 Å². The molecule has 1 atom stereocenters. The smallest absolute Gasteiger partial charge is 0.408 e. The van der Waals surface area contributed by atoms with Crippen LogP contribution in [-0.2, 0) is 16.1 Å². The molecule has 2 aromatic carbocycles. The molecule has 0 unspecified atom stereocenters. The number of carbonyl (C=O) groups excluding carboxylic acids is 3. The minimum Gasteiger partial charge on any atom is -0.445 e. The Balaban J connectivity index is 1.97. The SMILES string of the molecule is CCNC(=O)c1cccc(NC(=O)[C@@H](NC(=O)OCc2ccccc2)C(C)C)c1. The van der Waals surface area contributed by atoms with Crippen LogP contribution in [0.3, 0.4) is 0 Å². The fraction of sp³-hybridized carbons (Fsp3) is 0.318. The minimum absolute atomic E-state index is 0.119. The molecule has 3 amide bonds. The Hall–Kier alpha value is -3.35. The Labute approximate surface area is 170 Å². The van der Waals surface area contributed by atoms with E-state index in [-0.39, 0.29) is 24.3 Å². The van der Waals surface area contributed by atoms with Gasteiger partial charge >= 0.3 is 6.09 Å². The third-order valence-electron chi connectivity index (χ3n) is 4.16. The molecule has 0 heterocycles. The second-order valence-electron chi connectivity index (χ2n) is 6.86. The van der Waals surface area contributed by atoms with Crippen molar-refractivity contribution in [2.45, 2.75) is 33.4 Å². The summed E-state index contributed by atoms with van der Waals surface area (Å²) in [6.45, 7) is 6.12. The van der Waals surface area contributed by atoms with Gasteiger partial charge in [-0.2, -0.15) is 0 Å². The van der Waals surface area contributed by atoms with Crippen LogP contribution in [-0.4, -0.2) is 30.5 Å². The molecular formula is C22H27N3O4. The second-order valence-corrected chi connectivity index (χ2v) is 6.86. The maximum atomic E-state index is 12.7. The fourth-order valence-electron chi connectivity index (χ4n) is 2.65. The summed E-state index contributed by atoms with van der Waals surface area (Å²) in [5.41, 5.74) is 1.78. The van der Waals surface area contributed by atoms with E-state index in [1.807, 2.05) is 51.1 Å². The highest BCUT2D eigenvalue weighted by molar-refractivity contribution is 5.99. The third kappa shape index (κ3) is 6.95. The summed E-state index contributed by atoms with van der Waals surface area (Å²) >= 11 is 0. The molecular weight excluding hydrogens is 370 g/mol. The molecule has 0 saturated carbocycles. The first-order valence-corrected chi connectivity index (χ1v) is 9.57. The molecule has 0 aliphatic rings.